The first-order valence-electron chi connectivity index (χ1n) is 4.22. The average Bonchev–Trinajstić information content (AvgIpc) is 2.49. The number of nitrogens with zero attached hydrogens (tertiary/aromatic N) is 1. The second kappa shape index (κ2) is 4.30. The van der Waals surface area contributed by atoms with Gasteiger partial charge in [0.15, 0.2) is 0 Å². The van der Waals surface area contributed by atoms with Crippen LogP contribution < -0.4 is 4.18 Å². The molecule has 0 bridgehead atoms. The minimum Gasteiger partial charge on any atom is -0.361 e. The summed E-state index contributed by atoms with van der Waals surface area (Å²) in [6.45, 7) is 3.04. The summed E-state index contributed by atoms with van der Waals surface area (Å²) in [6.07, 6.45) is 0.864. The zero-order valence-corrected chi connectivity index (χ0v) is 11.3. The number of sulfone groups is 1. The molecule has 1 heterocycles. The van der Waals surface area contributed by atoms with E-state index in [2.05, 4.69) is 9.17 Å². The summed E-state index contributed by atoms with van der Waals surface area (Å²) in [5.74, 6) is -0.216. The molecule has 1 aromatic rings. The summed E-state index contributed by atoms with van der Waals surface area (Å²) in [6, 6.07) is 0. The smallest absolute Gasteiger partial charge is 0.307 e. The van der Waals surface area contributed by atoms with Gasteiger partial charge in [0.05, 0.1) is 16.9 Å². The molecule has 92 valence electrons. The van der Waals surface area contributed by atoms with Crippen LogP contribution >= 0.6 is 11.3 Å². The zero-order valence-electron chi connectivity index (χ0n) is 8.87. The van der Waals surface area contributed by atoms with Gasteiger partial charge in [-0.05, 0) is 13.8 Å². The second-order valence-corrected chi connectivity index (χ2v) is 8.44. The van der Waals surface area contributed by atoms with Crippen molar-refractivity contribution in [3.8, 4) is 5.88 Å². The summed E-state index contributed by atoms with van der Waals surface area (Å²) in [7, 11) is -7.16. The van der Waals surface area contributed by atoms with Crippen LogP contribution in [0.15, 0.2) is 9.72 Å². The van der Waals surface area contributed by atoms with Crippen LogP contribution in [0.25, 0.3) is 0 Å². The Kier molecular flexibility index (Phi) is 3.60. The maximum atomic E-state index is 11.7. The lowest BCUT2D eigenvalue weighted by atomic mass is 10.6. The number of aromatic nitrogens is 1. The Balaban J connectivity index is 3.06. The molecule has 0 aliphatic rings. The van der Waals surface area contributed by atoms with Gasteiger partial charge >= 0.3 is 10.1 Å². The largest absolute Gasteiger partial charge is 0.361 e. The van der Waals surface area contributed by atoms with Gasteiger partial charge < -0.3 is 4.18 Å². The Hall–Kier alpha value is -0.670. The van der Waals surface area contributed by atoms with Crippen molar-refractivity contribution in [2.45, 2.75) is 23.4 Å². The highest BCUT2D eigenvalue weighted by Crippen LogP contribution is 2.24. The van der Waals surface area contributed by atoms with Gasteiger partial charge in [0.25, 0.3) is 0 Å². The third-order valence-electron chi connectivity index (χ3n) is 1.56. The average molecular weight is 285 g/mol. The van der Waals surface area contributed by atoms with Crippen LogP contribution in [-0.4, -0.2) is 33.3 Å². The Morgan fingerprint density at radius 2 is 1.88 bits per heavy atom. The van der Waals surface area contributed by atoms with Crippen molar-refractivity contribution in [1.82, 2.24) is 4.98 Å². The Morgan fingerprint density at radius 3 is 2.31 bits per heavy atom. The van der Waals surface area contributed by atoms with Crippen molar-refractivity contribution in [3.63, 3.8) is 0 Å². The Morgan fingerprint density at radius 1 is 1.31 bits per heavy atom. The van der Waals surface area contributed by atoms with E-state index < -0.39 is 25.2 Å². The number of hydrogen-bond acceptors (Lipinski definition) is 7. The maximum absolute atomic E-state index is 11.7. The molecule has 0 N–H and O–H groups in total. The van der Waals surface area contributed by atoms with E-state index in [-0.39, 0.29) is 10.2 Å². The molecule has 0 unspecified atom stereocenters. The minimum atomic E-state index is -3.68. The van der Waals surface area contributed by atoms with Crippen molar-refractivity contribution in [1.29, 1.82) is 0 Å². The molecule has 0 atom stereocenters. The molecular weight excluding hydrogens is 274 g/mol. The van der Waals surface area contributed by atoms with Crippen molar-refractivity contribution in [2.75, 3.05) is 6.26 Å². The SMILES string of the molecule is CC(C)S(=O)(=O)c1nc(OS(C)(=O)=O)cs1. The predicted molar refractivity (Wildman–Crippen MR) is 59.9 cm³/mol. The molecule has 0 saturated heterocycles. The van der Waals surface area contributed by atoms with Gasteiger partial charge in [-0.25, -0.2) is 8.42 Å². The van der Waals surface area contributed by atoms with Gasteiger partial charge in [-0.15, -0.1) is 11.3 Å². The third kappa shape index (κ3) is 3.16. The van der Waals surface area contributed by atoms with Crippen LogP contribution in [0.3, 0.4) is 0 Å². The van der Waals surface area contributed by atoms with E-state index in [1.165, 1.54) is 19.2 Å². The zero-order chi connectivity index (χ0) is 12.6. The van der Waals surface area contributed by atoms with Crippen LogP contribution in [0.5, 0.6) is 5.88 Å². The lowest BCUT2D eigenvalue weighted by Crippen LogP contribution is -2.14. The molecule has 0 spiro atoms. The lowest BCUT2D eigenvalue weighted by Gasteiger charge is -2.02. The van der Waals surface area contributed by atoms with Gasteiger partial charge in [-0.3, -0.25) is 0 Å². The minimum absolute atomic E-state index is 0.138. The summed E-state index contributed by atoms with van der Waals surface area (Å²) >= 11 is 0.837. The van der Waals surface area contributed by atoms with E-state index >= 15 is 0 Å². The van der Waals surface area contributed by atoms with E-state index in [0.29, 0.717) is 0 Å². The molecule has 6 nitrogen and oxygen atoms in total. The second-order valence-electron chi connectivity index (χ2n) is 3.33. The highest BCUT2D eigenvalue weighted by atomic mass is 32.2. The highest BCUT2D eigenvalue weighted by Gasteiger charge is 2.24. The van der Waals surface area contributed by atoms with Gasteiger partial charge in [0.2, 0.25) is 20.1 Å². The van der Waals surface area contributed by atoms with Crippen LogP contribution in [-0.2, 0) is 20.0 Å². The third-order valence-corrected chi connectivity index (χ3v) is 5.45. The van der Waals surface area contributed by atoms with Crippen LogP contribution in [0.4, 0.5) is 0 Å². The first-order valence-corrected chi connectivity index (χ1v) is 8.46. The van der Waals surface area contributed by atoms with E-state index in [0.717, 1.165) is 17.6 Å². The highest BCUT2D eigenvalue weighted by molar-refractivity contribution is 7.93. The molecular formula is C7H11NO5S3. The quantitative estimate of drug-likeness (QED) is 0.755. The first kappa shape index (κ1) is 13.4. The molecule has 0 radical (unpaired) electrons. The number of hydrogen-bond donors (Lipinski definition) is 0. The van der Waals surface area contributed by atoms with Crippen molar-refractivity contribution >= 4 is 31.3 Å². The standard InChI is InChI=1S/C7H11NO5S3/c1-5(2)16(11,12)7-8-6(4-14-7)13-15(3,9)10/h4-5H,1-3H3. The van der Waals surface area contributed by atoms with Crippen molar-refractivity contribution < 1.29 is 21.0 Å². The van der Waals surface area contributed by atoms with E-state index in [1.54, 1.807) is 0 Å². The molecule has 1 aromatic heterocycles. The normalized spacial score (nSPS) is 13.0. The fourth-order valence-electron chi connectivity index (χ4n) is 0.769. The Labute approximate surface area is 98.3 Å². The molecule has 0 fully saturated rings. The predicted octanol–water partition coefficient (Wildman–Crippen LogP) is 0.664. The summed E-state index contributed by atoms with van der Waals surface area (Å²) < 4.78 is 49.2. The molecule has 16 heavy (non-hydrogen) atoms. The van der Waals surface area contributed by atoms with Gasteiger partial charge in [0, 0.05) is 0 Å². The van der Waals surface area contributed by atoms with Crippen molar-refractivity contribution in [3.05, 3.63) is 5.38 Å². The van der Waals surface area contributed by atoms with E-state index in [9.17, 15) is 16.8 Å². The molecule has 0 amide bonds. The summed E-state index contributed by atoms with van der Waals surface area (Å²) in [5, 5.41) is 0.640. The number of rotatable bonds is 4. The molecule has 0 aromatic carbocycles. The van der Waals surface area contributed by atoms with Gasteiger partial charge in [0.1, 0.15) is 0 Å². The lowest BCUT2D eigenvalue weighted by molar-refractivity contribution is 0.482. The fourth-order valence-corrected chi connectivity index (χ4v) is 3.55. The van der Waals surface area contributed by atoms with Crippen molar-refractivity contribution in [2.24, 2.45) is 0 Å². The van der Waals surface area contributed by atoms with E-state index in [4.69, 9.17) is 0 Å². The van der Waals surface area contributed by atoms with E-state index in [1.807, 2.05) is 0 Å². The monoisotopic (exact) mass is 285 g/mol. The fraction of sp³-hybridized carbons (Fsp3) is 0.571. The van der Waals surface area contributed by atoms with Crippen LogP contribution in [0.2, 0.25) is 0 Å². The molecule has 9 heteroatoms. The molecule has 1 rings (SSSR count). The molecule has 0 saturated carbocycles. The summed E-state index contributed by atoms with van der Waals surface area (Å²) in [4.78, 5) is 3.62. The van der Waals surface area contributed by atoms with Crippen LogP contribution in [0.1, 0.15) is 13.8 Å². The topological polar surface area (TPSA) is 90.4 Å². The molecule has 0 aliphatic carbocycles. The summed E-state index contributed by atoms with van der Waals surface area (Å²) in [5.41, 5.74) is 0. The van der Waals surface area contributed by atoms with Crippen LogP contribution in [0, 0.1) is 0 Å². The van der Waals surface area contributed by atoms with Gasteiger partial charge in [-0.2, -0.15) is 13.4 Å². The van der Waals surface area contributed by atoms with Gasteiger partial charge in [-0.1, -0.05) is 0 Å². The Bertz CT molecular complexity index is 569. The molecule has 0 aliphatic heterocycles. The number of thiazole rings is 1. The first-order chi connectivity index (χ1) is 7.13. The maximum Gasteiger partial charge on any atom is 0.307 e.